The topological polar surface area (TPSA) is 60.5 Å². The molecule has 1 amide bonds. The number of alkyl halides is 2. The van der Waals surface area contributed by atoms with Gasteiger partial charge in [-0.05, 0) is 24.6 Å². The van der Waals surface area contributed by atoms with Crippen molar-refractivity contribution in [3.05, 3.63) is 30.1 Å². The van der Waals surface area contributed by atoms with Crippen molar-refractivity contribution in [2.45, 2.75) is 19.0 Å². The van der Waals surface area contributed by atoms with E-state index in [4.69, 9.17) is 9.57 Å². The number of rotatable bonds is 4. The highest BCUT2D eigenvalue weighted by atomic mass is 19.3. The Morgan fingerprint density at radius 2 is 2.25 bits per heavy atom. The van der Waals surface area contributed by atoms with Gasteiger partial charge in [-0.15, -0.1) is 0 Å². The lowest BCUT2D eigenvalue weighted by molar-refractivity contribution is -0.149. The SMILES string of the molecule is C[C@H](ONC(=O)[C@]12COC[C@H]1C2(F)F)c1ccncc1. The number of amides is 1. The normalized spacial score (nSPS) is 31.4. The molecule has 1 aliphatic carbocycles. The van der Waals surface area contributed by atoms with Gasteiger partial charge in [0.2, 0.25) is 0 Å². The first-order chi connectivity index (χ1) is 9.50. The third kappa shape index (κ3) is 1.73. The molecule has 108 valence electrons. The standard InChI is InChI=1S/C13H14F2N2O3/c1-8(9-2-4-16-5-3-9)20-17-11(18)12-7-19-6-10(12)13(12,14)15/h2-5,8,10H,6-7H2,1H3,(H,17,18)/t8-,10+,12-/m0/s1. The largest absolute Gasteiger partial charge is 0.380 e. The van der Waals surface area contributed by atoms with Crippen LogP contribution in [-0.4, -0.2) is 30.0 Å². The summed E-state index contributed by atoms with van der Waals surface area (Å²) in [6.45, 7) is 1.37. The number of carbonyl (C=O) groups excluding carboxylic acids is 1. The van der Waals surface area contributed by atoms with Gasteiger partial charge in [0.25, 0.3) is 11.8 Å². The lowest BCUT2D eigenvalue weighted by Crippen LogP contribution is -2.38. The van der Waals surface area contributed by atoms with Crippen LogP contribution in [0.15, 0.2) is 24.5 Å². The Bertz CT molecular complexity index is 526. The highest BCUT2D eigenvalue weighted by molar-refractivity contribution is 5.88. The highest BCUT2D eigenvalue weighted by Crippen LogP contribution is 2.69. The summed E-state index contributed by atoms with van der Waals surface area (Å²) in [6.07, 6.45) is 2.73. The molecule has 5 nitrogen and oxygen atoms in total. The summed E-state index contributed by atoms with van der Waals surface area (Å²) in [5, 5.41) is 0. The van der Waals surface area contributed by atoms with Gasteiger partial charge in [-0.1, -0.05) is 0 Å². The van der Waals surface area contributed by atoms with E-state index in [9.17, 15) is 13.6 Å². The number of hydroxylamine groups is 1. The summed E-state index contributed by atoms with van der Waals surface area (Å²) >= 11 is 0. The van der Waals surface area contributed by atoms with Crippen LogP contribution in [0.3, 0.4) is 0 Å². The minimum Gasteiger partial charge on any atom is -0.380 e. The van der Waals surface area contributed by atoms with Crippen molar-refractivity contribution in [2.24, 2.45) is 11.3 Å². The van der Waals surface area contributed by atoms with Gasteiger partial charge in [0, 0.05) is 12.4 Å². The van der Waals surface area contributed by atoms with Crippen LogP contribution in [0.4, 0.5) is 8.78 Å². The Hall–Kier alpha value is -1.60. The minimum atomic E-state index is -3.00. The van der Waals surface area contributed by atoms with Crippen molar-refractivity contribution < 1.29 is 23.1 Å². The zero-order chi connectivity index (χ0) is 14.4. The number of halogens is 2. The smallest absolute Gasteiger partial charge is 0.271 e. The average Bonchev–Trinajstić information content (AvgIpc) is 2.83. The number of hydrogen-bond donors (Lipinski definition) is 1. The molecule has 1 N–H and O–H groups in total. The number of hydrogen-bond acceptors (Lipinski definition) is 4. The first-order valence-electron chi connectivity index (χ1n) is 6.31. The number of nitrogens with one attached hydrogen (secondary N) is 1. The fourth-order valence-corrected chi connectivity index (χ4v) is 2.62. The summed E-state index contributed by atoms with van der Waals surface area (Å²) in [4.78, 5) is 21.0. The molecule has 0 aromatic carbocycles. The maximum Gasteiger partial charge on any atom is 0.271 e. The van der Waals surface area contributed by atoms with E-state index in [-0.39, 0.29) is 13.2 Å². The molecule has 0 bridgehead atoms. The fraction of sp³-hybridized carbons (Fsp3) is 0.538. The molecular weight excluding hydrogens is 270 g/mol. The molecule has 1 saturated heterocycles. The van der Waals surface area contributed by atoms with Crippen molar-refractivity contribution >= 4 is 5.91 Å². The molecule has 1 saturated carbocycles. The maximum absolute atomic E-state index is 13.6. The predicted octanol–water partition coefficient (Wildman–Crippen LogP) is 1.47. The molecule has 0 radical (unpaired) electrons. The molecule has 2 aliphatic rings. The molecule has 0 spiro atoms. The van der Waals surface area contributed by atoms with E-state index in [0.717, 1.165) is 5.56 Å². The Morgan fingerprint density at radius 1 is 1.55 bits per heavy atom. The van der Waals surface area contributed by atoms with E-state index < -0.39 is 29.3 Å². The highest BCUT2D eigenvalue weighted by Gasteiger charge is 2.87. The molecular formula is C13H14F2N2O3. The number of carbonyl (C=O) groups is 1. The molecule has 7 heteroatoms. The lowest BCUT2D eigenvalue weighted by atomic mass is 10.1. The summed E-state index contributed by atoms with van der Waals surface area (Å²) in [6, 6.07) is 3.45. The second-order valence-electron chi connectivity index (χ2n) is 5.13. The van der Waals surface area contributed by atoms with Gasteiger partial charge in [0.05, 0.1) is 19.1 Å². The average molecular weight is 284 g/mol. The second kappa shape index (κ2) is 4.46. The first kappa shape index (κ1) is 13.4. The predicted molar refractivity (Wildman–Crippen MR) is 63.6 cm³/mol. The number of aromatic nitrogens is 1. The molecule has 0 unspecified atom stereocenters. The van der Waals surface area contributed by atoms with Gasteiger partial charge in [-0.2, -0.15) is 0 Å². The van der Waals surface area contributed by atoms with Crippen LogP contribution < -0.4 is 5.48 Å². The number of ether oxygens (including phenoxy) is 1. The van der Waals surface area contributed by atoms with Gasteiger partial charge in [-0.25, -0.2) is 14.3 Å². The van der Waals surface area contributed by atoms with Crippen LogP contribution in [0.5, 0.6) is 0 Å². The maximum atomic E-state index is 13.6. The van der Waals surface area contributed by atoms with E-state index in [1.165, 1.54) is 0 Å². The van der Waals surface area contributed by atoms with Crippen molar-refractivity contribution in [3.63, 3.8) is 0 Å². The van der Waals surface area contributed by atoms with Crippen molar-refractivity contribution in [2.75, 3.05) is 13.2 Å². The summed E-state index contributed by atoms with van der Waals surface area (Å²) in [5.74, 6) is -4.85. The molecule has 1 aromatic rings. The number of nitrogens with zero attached hydrogens (tertiary/aromatic N) is 1. The molecule has 3 atom stereocenters. The van der Waals surface area contributed by atoms with Gasteiger partial charge in [0.15, 0.2) is 0 Å². The minimum absolute atomic E-state index is 0.0830. The number of fused-ring (bicyclic) bond motifs is 1. The molecule has 3 rings (SSSR count). The van der Waals surface area contributed by atoms with E-state index >= 15 is 0 Å². The first-order valence-corrected chi connectivity index (χ1v) is 6.31. The van der Waals surface area contributed by atoms with Crippen LogP contribution in [0.1, 0.15) is 18.6 Å². The van der Waals surface area contributed by atoms with Gasteiger partial charge >= 0.3 is 0 Å². The molecule has 1 aliphatic heterocycles. The zero-order valence-corrected chi connectivity index (χ0v) is 10.8. The molecule has 1 aromatic heterocycles. The molecule has 2 fully saturated rings. The molecule has 20 heavy (non-hydrogen) atoms. The van der Waals surface area contributed by atoms with Crippen LogP contribution in [0.2, 0.25) is 0 Å². The Kier molecular flexibility index (Phi) is 2.98. The van der Waals surface area contributed by atoms with Crippen LogP contribution in [0, 0.1) is 11.3 Å². The summed E-state index contributed by atoms with van der Waals surface area (Å²) in [5.41, 5.74) is 1.19. The lowest BCUT2D eigenvalue weighted by Gasteiger charge is -2.17. The van der Waals surface area contributed by atoms with Crippen molar-refractivity contribution in [1.29, 1.82) is 0 Å². The van der Waals surface area contributed by atoms with E-state index in [0.29, 0.717) is 0 Å². The van der Waals surface area contributed by atoms with Gasteiger partial charge in [0.1, 0.15) is 11.5 Å². The van der Waals surface area contributed by atoms with E-state index in [1.807, 2.05) is 0 Å². The summed E-state index contributed by atoms with van der Waals surface area (Å²) < 4.78 is 32.1. The van der Waals surface area contributed by atoms with Crippen molar-refractivity contribution in [3.8, 4) is 0 Å². The van der Waals surface area contributed by atoms with Crippen LogP contribution in [0.25, 0.3) is 0 Å². The Labute approximate surface area is 114 Å². The van der Waals surface area contributed by atoms with Gasteiger partial charge < -0.3 is 4.74 Å². The fourth-order valence-electron chi connectivity index (χ4n) is 2.62. The van der Waals surface area contributed by atoms with E-state index in [2.05, 4.69) is 10.5 Å². The third-order valence-corrected chi connectivity index (χ3v) is 4.07. The Morgan fingerprint density at radius 3 is 2.85 bits per heavy atom. The van der Waals surface area contributed by atoms with Crippen LogP contribution >= 0.6 is 0 Å². The zero-order valence-electron chi connectivity index (χ0n) is 10.8. The quantitative estimate of drug-likeness (QED) is 0.851. The number of pyridine rings is 1. The van der Waals surface area contributed by atoms with E-state index in [1.54, 1.807) is 31.5 Å². The van der Waals surface area contributed by atoms with Gasteiger partial charge in [-0.3, -0.25) is 14.6 Å². The molecule has 2 heterocycles. The van der Waals surface area contributed by atoms with Crippen molar-refractivity contribution in [1.82, 2.24) is 10.5 Å². The second-order valence-corrected chi connectivity index (χ2v) is 5.13. The Balaban J connectivity index is 1.61. The van der Waals surface area contributed by atoms with Crippen LogP contribution in [-0.2, 0) is 14.4 Å². The third-order valence-electron chi connectivity index (χ3n) is 4.07. The summed E-state index contributed by atoms with van der Waals surface area (Å²) in [7, 11) is 0. The monoisotopic (exact) mass is 284 g/mol.